The van der Waals surface area contributed by atoms with E-state index in [1.54, 1.807) is 16.7 Å². The van der Waals surface area contributed by atoms with Gasteiger partial charge in [0.2, 0.25) is 0 Å². The number of rotatable bonds is 4. The molecule has 10 rings (SSSR count). The lowest BCUT2D eigenvalue weighted by atomic mass is 9.81. The summed E-state index contributed by atoms with van der Waals surface area (Å²) in [5.74, 6) is 0.263. The number of hydrogen-bond acceptors (Lipinski definition) is 4. The Bertz CT molecular complexity index is 2180. The number of nitrogens with zero attached hydrogens (tertiary/aromatic N) is 2. The third kappa shape index (κ3) is 4.76. The lowest BCUT2D eigenvalue weighted by Crippen LogP contribution is -2.40. The molecule has 4 aromatic rings. The number of fused-ring (bicyclic) bond motifs is 5. The maximum atomic E-state index is 5.33. The molecule has 4 nitrogen and oxygen atoms in total. The van der Waals surface area contributed by atoms with E-state index in [2.05, 4.69) is 143 Å². The fourth-order valence-corrected chi connectivity index (χ4v) is 9.02. The zero-order valence-corrected chi connectivity index (χ0v) is 27.7. The molecule has 3 heterocycles. The molecule has 6 aliphatic rings. The van der Waals surface area contributed by atoms with Crippen molar-refractivity contribution in [3.63, 3.8) is 0 Å². The first kappa shape index (κ1) is 28.6. The lowest BCUT2D eigenvalue weighted by Gasteiger charge is -2.35. The van der Waals surface area contributed by atoms with Crippen LogP contribution in [0.25, 0.3) is 16.7 Å². The Morgan fingerprint density at radius 2 is 1.47 bits per heavy atom. The van der Waals surface area contributed by atoms with Crippen LogP contribution in [0, 0.1) is 5.92 Å². The Balaban J connectivity index is 0.999. The summed E-state index contributed by atoms with van der Waals surface area (Å²) in [4.78, 5) is 7.97. The molecule has 0 spiro atoms. The minimum atomic E-state index is 0.0564. The van der Waals surface area contributed by atoms with Gasteiger partial charge in [0, 0.05) is 11.5 Å². The number of anilines is 2. The molecule has 1 fully saturated rings. The largest absolute Gasteiger partial charge is 0.374 e. The van der Waals surface area contributed by atoms with Crippen molar-refractivity contribution in [1.29, 1.82) is 0 Å². The highest BCUT2D eigenvalue weighted by Gasteiger charge is 2.42. The number of hydrogen-bond donors (Lipinski definition) is 2. The van der Waals surface area contributed by atoms with Crippen molar-refractivity contribution in [2.75, 3.05) is 10.2 Å². The highest BCUT2D eigenvalue weighted by molar-refractivity contribution is 6.10. The summed E-state index contributed by atoms with van der Waals surface area (Å²) < 4.78 is 0. The highest BCUT2D eigenvalue weighted by atomic mass is 15.4. The Morgan fingerprint density at radius 3 is 2.37 bits per heavy atom. The maximum Gasteiger partial charge on any atom is 0.130 e. The molecule has 4 aromatic carbocycles. The van der Waals surface area contributed by atoms with Crippen molar-refractivity contribution in [3.8, 4) is 11.1 Å². The number of para-hydroxylation sites is 3. The van der Waals surface area contributed by atoms with Crippen LogP contribution in [0.1, 0.15) is 56.1 Å². The summed E-state index contributed by atoms with van der Waals surface area (Å²) in [7, 11) is 0. The molecule has 49 heavy (non-hydrogen) atoms. The van der Waals surface area contributed by atoms with Crippen LogP contribution in [-0.2, 0) is 0 Å². The van der Waals surface area contributed by atoms with Gasteiger partial charge in [-0.25, -0.2) is 4.99 Å². The van der Waals surface area contributed by atoms with Crippen molar-refractivity contribution in [1.82, 2.24) is 5.32 Å². The average Bonchev–Trinajstić information content (AvgIpc) is 3.52. The number of allylic oxidation sites excluding steroid dienone is 5. The van der Waals surface area contributed by atoms with Gasteiger partial charge in [-0.1, -0.05) is 103 Å². The second kappa shape index (κ2) is 11.7. The molecule has 0 saturated carbocycles. The number of aliphatic imine (C=N–C) groups is 1. The molecule has 2 N–H and O–H groups in total. The molecule has 240 valence electrons. The summed E-state index contributed by atoms with van der Waals surface area (Å²) in [6, 6.07) is 37.2. The summed E-state index contributed by atoms with van der Waals surface area (Å²) in [6.45, 7) is 0. The van der Waals surface area contributed by atoms with E-state index in [9.17, 15) is 0 Å². The molecule has 0 radical (unpaired) electrons. The van der Waals surface area contributed by atoms with Gasteiger partial charge in [0.1, 0.15) is 6.17 Å². The molecular formula is C45H40N4. The topological polar surface area (TPSA) is 39.7 Å². The summed E-state index contributed by atoms with van der Waals surface area (Å²) in [5.41, 5.74) is 18.5. The van der Waals surface area contributed by atoms with E-state index in [4.69, 9.17) is 4.99 Å². The Kier molecular flexibility index (Phi) is 6.82. The van der Waals surface area contributed by atoms with Crippen LogP contribution in [0.4, 0.5) is 17.1 Å². The van der Waals surface area contributed by atoms with Crippen LogP contribution in [0.2, 0.25) is 0 Å². The summed E-state index contributed by atoms with van der Waals surface area (Å²) in [6.07, 6.45) is 18.0. The smallest absolute Gasteiger partial charge is 0.130 e. The van der Waals surface area contributed by atoms with Gasteiger partial charge in [0.05, 0.1) is 40.2 Å². The third-order valence-corrected chi connectivity index (χ3v) is 11.3. The fourth-order valence-electron chi connectivity index (χ4n) is 9.02. The average molecular weight is 637 g/mol. The van der Waals surface area contributed by atoms with Gasteiger partial charge < -0.3 is 15.5 Å². The molecule has 0 amide bonds. The monoisotopic (exact) mass is 636 g/mol. The van der Waals surface area contributed by atoms with Crippen LogP contribution in [0.15, 0.2) is 161 Å². The van der Waals surface area contributed by atoms with E-state index in [-0.39, 0.29) is 18.1 Å². The minimum absolute atomic E-state index is 0.0564. The van der Waals surface area contributed by atoms with Crippen molar-refractivity contribution < 1.29 is 0 Å². The van der Waals surface area contributed by atoms with Crippen LogP contribution in [0.3, 0.4) is 0 Å². The first-order chi connectivity index (χ1) is 24.3. The second-order valence-electron chi connectivity index (χ2n) is 14.1. The van der Waals surface area contributed by atoms with Crippen LogP contribution < -0.4 is 15.5 Å². The van der Waals surface area contributed by atoms with E-state index in [0.29, 0.717) is 0 Å². The van der Waals surface area contributed by atoms with Gasteiger partial charge in [-0.2, -0.15) is 0 Å². The van der Waals surface area contributed by atoms with E-state index < -0.39 is 0 Å². The standard InChI is InChI=1S/C45H40N4/c1-2-12-29(13-3-1)32-14-10-15-33(28-32)43-42(46-38-20-7-8-21-39(38)47-43)30-24-26-31(27-25-30)45-48-40-22-11-19-37-35-17-5-4-16-34(35)36-18-6-9-23-41(36)49(45)44(37)40/h1-3,6-10,12-15,18,20-24,26-28,30,42,45-46,48H,4-5,11,16-17,19,25H2. The predicted octanol–water partition coefficient (Wildman–Crippen LogP) is 10.5. The lowest BCUT2D eigenvalue weighted by molar-refractivity contribution is 0.612. The van der Waals surface area contributed by atoms with Crippen LogP contribution >= 0.6 is 0 Å². The van der Waals surface area contributed by atoms with Crippen LogP contribution in [0.5, 0.6) is 0 Å². The molecule has 4 heteroatoms. The summed E-state index contributed by atoms with van der Waals surface area (Å²) in [5, 5.41) is 7.93. The first-order valence-electron chi connectivity index (χ1n) is 18.1. The van der Waals surface area contributed by atoms with Crippen molar-refractivity contribution in [2.45, 2.75) is 57.2 Å². The summed E-state index contributed by atoms with van der Waals surface area (Å²) >= 11 is 0. The normalized spacial score (nSPS) is 23.6. The van der Waals surface area contributed by atoms with E-state index in [1.807, 2.05) is 0 Å². The van der Waals surface area contributed by atoms with Crippen LogP contribution in [-0.4, -0.2) is 17.9 Å². The van der Waals surface area contributed by atoms with Gasteiger partial charge in [-0.05, 0) is 108 Å². The molecule has 1 saturated heterocycles. The maximum absolute atomic E-state index is 5.33. The van der Waals surface area contributed by atoms with Gasteiger partial charge in [-0.3, -0.25) is 0 Å². The molecule has 3 aliphatic heterocycles. The van der Waals surface area contributed by atoms with Gasteiger partial charge in [0.25, 0.3) is 0 Å². The zero-order valence-electron chi connectivity index (χ0n) is 27.7. The fraction of sp³-hybridized carbons (Fsp3) is 0.222. The minimum Gasteiger partial charge on any atom is -0.374 e. The van der Waals surface area contributed by atoms with Gasteiger partial charge in [0.15, 0.2) is 0 Å². The highest BCUT2D eigenvalue weighted by Crippen LogP contribution is 2.51. The second-order valence-corrected chi connectivity index (χ2v) is 14.1. The predicted molar refractivity (Wildman–Crippen MR) is 203 cm³/mol. The van der Waals surface area contributed by atoms with Gasteiger partial charge in [-0.15, -0.1) is 0 Å². The molecular weight excluding hydrogens is 597 g/mol. The Hall–Kier alpha value is -5.35. The molecule has 3 atom stereocenters. The van der Waals surface area contributed by atoms with E-state index >= 15 is 0 Å². The van der Waals surface area contributed by atoms with Crippen molar-refractivity contribution in [3.05, 3.63) is 167 Å². The zero-order chi connectivity index (χ0) is 32.3. The molecule has 3 unspecified atom stereocenters. The molecule has 3 aliphatic carbocycles. The molecule has 0 aromatic heterocycles. The third-order valence-electron chi connectivity index (χ3n) is 11.3. The van der Waals surface area contributed by atoms with Gasteiger partial charge >= 0.3 is 0 Å². The Morgan fingerprint density at radius 1 is 0.673 bits per heavy atom. The Labute approximate surface area is 289 Å². The molecule has 0 bridgehead atoms. The number of benzene rings is 4. The quantitative estimate of drug-likeness (QED) is 0.234. The van der Waals surface area contributed by atoms with E-state index in [0.717, 1.165) is 36.3 Å². The van der Waals surface area contributed by atoms with Crippen molar-refractivity contribution >= 4 is 28.3 Å². The first-order valence-corrected chi connectivity index (χ1v) is 18.1. The van der Waals surface area contributed by atoms with E-state index in [1.165, 1.54) is 70.6 Å². The van der Waals surface area contributed by atoms with Crippen molar-refractivity contribution in [2.24, 2.45) is 10.9 Å². The number of nitrogens with one attached hydrogen (secondary N) is 2. The SMILES string of the molecule is C1=CC(C2Nc3ccccc3N=C2c2cccc(-c3ccccc3)c2)CC=C1C1NC2=CCCC3=C2N1c1ccccc1C1=C3CCCC1.